The largest absolute Gasteiger partial charge is 0.489 e. The van der Waals surface area contributed by atoms with Crippen LogP contribution in [0.5, 0.6) is 5.75 Å². The molecule has 1 aliphatic rings. The lowest BCUT2D eigenvalue weighted by molar-refractivity contribution is -0.145. The first kappa shape index (κ1) is 18.0. The maximum absolute atomic E-state index is 13.0. The van der Waals surface area contributed by atoms with Gasteiger partial charge in [0.1, 0.15) is 12.4 Å². The Morgan fingerprint density at radius 2 is 1.81 bits per heavy atom. The summed E-state index contributed by atoms with van der Waals surface area (Å²) in [6.45, 7) is 3.13. The second-order valence-corrected chi connectivity index (χ2v) is 6.72. The van der Waals surface area contributed by atoms with Crippen molar-refractivity contribution >= 4 is 11.9 Å². The van der Waals surface area contributed by atoms with Crippen LogP contribution in [-0.2, 0) is 11.4 Å². The van der Waals surface area contributed by atoms with E-state index < -0.39 is 5.97 Å². The SMILES string of the molecule is CC1CN(C(=O)c2ccccc2COc2ccccc2)CCC1C(=O)O. The van der Waals surface area contributed by atoms with Crippen LogP contribution < -0.4 is 4.74 Å². The first-order valence-corrected chi connectivity index (χ1v) is 8.84. The molecule has 0 aromatic heterocycles. The molecule has 1 amide bonds. The lowest BCUT2D eigenvalue weighted by Crippen LogP contribution is -2.45. The van der Waals surface area contributed by atoms with Crippen LogP contribution in [-0.4, -0.2) is 35.0 Å². The van der Waals surface area contributed by atoms with Crippen molar-refractivity contribution in [1.29, 1.82) is 0 Å². The van der Waals surface area contributed by atoms with Crippen LogP contribution in [0, 0.1) is 11.8 Å². The number of piperidine rings is 1. The van der Waals surface area contributed by atoms with Crippen molar-refractivity contribution < 1.29 is 19.4 Å². The number of carbonyl (C=O) groups is 2. The number of nitrogens with zero attached hydrogens (tertiary/aromatic N) is 1. The standard InChI is InChI=1S/C21H23NO4/c1-15-13-22(12-11-18(15)21(24)25)20(23)19-10-6-5-7-16(19)14-26-17-8-3-2-4-9-17/h2-10,15,18H,11-14H2,1H3,(H,24,25). The fourth-order valence-corrected chi connectivity index (χ4v) is 3.40. The highest BCUT2D eigenvalue weighted by atomic mass is 16.5. The molecule has 0 bridgehead atoms. The molecule has 2 unspecified atom stereocenters. The summed E-state index contributed by atoms with van der Waals surface area (Å²) in [5.41, 5.74) is 1.44. The average molecular weight is 353 g/mol. The average Bonchev–Trinajstić information content (AvgIpc) is 2.66. The van der Waals surface area contributed by atoms with Crippen molar-refractivity contribution in [3.8, 4) is 5.75 Å². The van der Waals surface area contributed by atoms with Gasteiger partial charge in [0, 0.05) is 24.2 Å². The first-order chi connectivity index (χ1) is 12.6. The second-order valence-electron chi connectivity index (χ2n) is 6.72. The van der Waals surface area contributed by atoms with Gasteiger partial charge in [-0.15, -0.1) is 0 Å². The monoisotopic (exact) mass is 353 g/mol. The molecule has 1 N–H and O–H groups in total. The van der Waals surface area contributed by atoms with Crippen LogP contribution in [0.1, 0.15) is 29.3 Å². The van der Waals surface area contributed by atoms with Crippen LogP contribution in [0.4, 0.5) is 0 Å². The molecule has 5 nitrogen and oxygen atoms in total. The molecule has 0 spiro atoms. The number of carbonyl (C=O) groups excluding carboxylic acids is 1. The number of benzene rings is 2. The molecule has 0 aliphatic carbocycles. The summed E-state index contributed by atoms with van der Waals surface area (Å²) in [7, 11) is 0. The zero-order valence-electron chi connectivity index (χ0n) is 14.8. The molecule has 136 valence electrons. The molecule has 0 radical (unpaired) electrons. The molecule has 26 heavy (non-hydrogen) atoms. The van der Waals surface area contributed by atoms with Crippen LogP contribution in [0.3, 0.4) is 0 Å². The van der Waals surface area contributed by atoms with Gasteiger partial charge in [-0.1, -0.05) is 43.3 Å². The number of carboxylic acids is 1. The number of carboxylic acid groups (broad SMARTS) is 1. The minimum Gasteiger partial charge on any atom is -0.489 e. The summed E-state index contributed by atoms with van der Waals surface area (Å²) in [4.78, 5) is 26.0. The quantitative estimate of drug-likeness (QED) is 0.894. The van der Waals surface area contributed by atoms with Crippen molar-refractivity contribution in [2.75, 3.05) is 13.1 Å². The van der Waals surface area contributed by atoms with Crippen LogP contribution >= 0.6 is 0 Å². The number of rotatable bonds is 5. The first-order valence-electron chi connectivity index (χ1n) is 8.84. The molecule has 0 saturated carbocycles. The van der Waals surface area contributed by atoms with Gasteiger partial charge in [0.2, 0.25) is 0 Å². The minimum atomic E-state index is -0.777. The summed E-state index contributed by atoms with van der Waals surface area (Å²) >= 11 is 0. The van der Waals surface area contributed by atoms with Gasteiger partial charge in [-0.25, -0.2) is 0 Å². The zero-order chi connectivity index (χ0) is 18.5. The van der Waals surface area contributed by atoms with Crippen LogP contribution in [0.15, 0.2) is 54.6 Å². The van der Waals surface area contributed by atoms with Gasteiger partial charge in [-0.05, 0) is 30.5 Å². The Kier molecular flexibility index (Phi) is 5.56. The maximum Gasteiger partial charge on any atom is 0.306 e. The summed E-state index contributed by atoms with van der Waals surface area (Å²) < 4.78 is 5.79. The van der Waals surface area contributed by atoms with Crippen LogP contribution in [0.2, 0.25) is 0 Å². The fourth-order valence-electron chi connectivity index (χ4n) is 3.40. The third-order valence-corrected chi connectivity index (χ3v) is 4.90. The summed E-state index contributed by atoms with van der Waals surface area (Å²) in [6.07, 6.45) is 0.491. The van der Waals surface area contributed by atoms with E-state index in [0.29, 0.717) is 31.7 Å². The summed E-state index contributed by atoms with van der Waals surface area (Å²) in [5, 5.41) is 9.25. The molecule has 1 fully saturated rings. The molecule has 2 aromatic rings. The van der Waals surface area contributed by atoms with Crippen molar-refractivity contribution in [1.82, 2.24) is 4.90 Å². The van der Waals surface area contributed by atoms with E-state index in [1.54, 1.807) is 11.0 Å². The number of likely N-dealkylation sites (tertiary alicyclic amines) is 1. The van der Waals surface area contributed by atoms with E-state index in [0.717, 1.165) is 11.3 Å². The lowest BCUT2D eigenvalue weighted by atomic mass is 9.86. The van der Waals surface area contributed by atoms with Crippen LogP contribution in [0.25, 0.3) is 0 Å². The maximum atomic E-state index is 13.0. The zero-order valence-corrected chi connectivity index (χ0v) is 14.8. The number of para-hydroxylation sites is 1. The van der Waals surface area contributed by atoms with Gasteiger partial charge in [0.25, 0.3) is 5.91 Å². The Morgan fingerprint density at radius 3 is 2.50 bits per heavy atom. The highest BCUT2D eigenvalue weighted by Crippen LogP contribution is 2.25. The summed E-state index contributed by atoms with van der Waals surface area (Å²) in [5.74, 6) is -0.520. The van der Waals surface area contributed by atoms with Gasteiger partial charge in [-0.2, -0.15) is 0 Å². The molecular formula is C21H23NO4. The van der Waals surface area contributed by atoms with Gasteiger partial charge < -0.3 is 14.7 Å². The Hall–Kier alpha value is -2.82. The highest BCUT2D eigenvalue weighted by molar-refractivity contribution is 5.95. The fraction of sp³-hybridized carbons (Fsp3) is 0.333. The molecule has 1 aliphatic heterocycles. The van der Waals surface area contributed by atoms with Crippen molar-refractivity contribution in [2.45, 2.75) is 20.0 Å². The van der Waals surface area contributed by atoms with E-state index in [9.17, 15) is 14.7 Å². The molecule has 3 rings (SSSR count). The van der Waals surface area contributed by atoms with Gasteiger partial charge >= 0.3 is 5.97 Å². The number of hydrogen-bond acceptors (Lipinski definition) is 3. The Balaban J connectivity index is 1.71. The van der Waals surface area contributed by atoms with E-state index in [1.165, 1.54) is 0 Å². The third-order valence-electron chi connectivity index (χ3n) is 4.90. The van der Waals surface area contributed by atoms with E-state index in [-0.39, 0.29) is 17.7 Å². The Morgan fingerprint density at radius 1 is 1.12 bits per heavy atom. The topological polar surface area (TPSA) is 66.8 Å². The second kappa shape index (κ2) is 8.04. The minimum absolute atomic E-state index is 0.0575. The number of hydrogen-bond donors (Lipinski definition) is 1. The Labute approximate surface area is 153 Å². The van der Waals surface area contributed by atoms with Gasteiger partial charge in [-0.3, -0.25) is 9.59 Å². The van der Waals surface area contributed by atoms with Crippen molar-refractivity contribution in [3.05, 3.63) is 65.7 Å². The predicted octanol–water partition coefficient (Wildman–Crippen LogP) is 3.45. The summed E-state index contributed by atoms with van der Waals surface area (Å²) in [6, 6.07) is 16.9. The molecule has 5 heteroatoms. The lowest BCUT2D eigenvalue weighted by Gasteiger charge is -2.35. The molecule has 2 atom stereocenters. The molecule has 2 aromatic carbocycles. The molecule has 1 saturated heterocycles. The highest BCUT2D eigenvalue weighted by Gasteiger charge is 2.33. The van der Waals surface area contributed by atoms with Crippen molar-refractivity contribution in [3.63, 3.8) is 0 Å². The third kappa shape index (κ3) is 4.04. The number of ether oxygens (including phenoxy) is 1. The van der Waals surface area contributed by atoms with E-state index in [2.05, 4.69) is 0 Å². The van der Waals surface area contributed by atoms with Crippen molar-refractivity contribution in [2.24, 2.45) is 11.8 Å². The normalized spacial score (nSPS) is 19.8. The predicted molar refractivity (Wildman–Crippen MR) is 98.0 cm³/mol. The van der Waals surface area contributed by atoms with Gasteiger partial charge in [0.05, 0.1) is 5.92 Å². The van der Waals surface area contributed by atoms with E-state index in [1.807, 2.05) is 55.5 Å². The van der Waals surface area contributed by atoms with Gasteiger partial charge in [0.15, 0.2) is 0 Å². The number of aliphatic carboxylic acids is 1. The molecular weight excluding hydrogens is 330 g/mol. The van der Waals surface area contributed by atoms with E-state index in [4.69, 9.17) is 4.74 Å². The van der Waals surface area contributed by atoms with E-state index >= 15 is 0 Å². The smallest absolute Gasteiger partial charge is 0.306 e. The number of amides is 1. The molecule has 1 heterocycles. The Bertz CT molecular complexity index is 775.